The Hall–Kier alpha value is -0.650. The van der Waals surface area contributed by atoms with Crippen LogP contribution in [0.2, 0.25) is 0 Å². The van der Waals surface area contributed by atoms with E-state index in [1.54, 1.807) is 0 Å². The second-order valence-electron chi connectivity index (χ2n) is 5.22. The summed E-state index contributed by atoms with van der Waals surface area (Å²) in [4.78, 5) is -0.261. The first-order chi connectivity index (χ1) is 9.41. The number of hydrogen-bond donors (Lipinski definition) is 0. The van der Waals surface area contributed by atoms with Crippen LogP contribution < -0.4 is 0 Å². The normalized spacial score (nSPS) is 24.2. The van der Waals surface area contributed by atoms with Gasteiger partial charge in [-0.3, -0.25) is 0 Å². The summed E-state index contributed by atoms with van der Waals surface area (Å²) in [5.74, 6) is -0.553. The molecule has 2 rings (SSSR count). The summed E-state index contributed by atoms with van der Waals surface area (Å²) in [6.07, 6.45) is 2.38. The van der Waals surface area contributed by atoms with E-state index in [1.807, 2.05) is 13.8 Å². The minimum atomic E-state index is -3.81. The largest absolute Gasteiger partial charge is 0.246 e. The van der Waals surface area contributed by atoms with Crippen LogP contribution >= 0.6 is 11.6 Å². The van der Waals surface area contributed by atoms with Crippen molar-refractivity contribution < 1.29 is 12.8 Å². The van der Waals surface area contributed by atoms with Crippen molar-refractivity contribution in [3.63, 3.8) is 0 Å². The van der Waals surface area contributed by atoms with Crippen LogP contribution in [0.3, 0.4) is 0 Å². The Morgan fingerprint density at radius 2 is 2.10 bits per heavy atom. The van der Waals surface area contributed by atoms with Crippen molar-refractivity contribution >= 4 is 21.6 Å². The Morgan fingerprint density at radius 1 is 1.40 bits per heavy atom. The lowest BCUT2D eigenvalue weighted by Gasteiger charge is -2.27. The van der Waals surface area contributed by atoms with E-state index in [0.29, 0.717) is 5.56 Å². The van der Waals surface area contributed by atoms with Crippen molar-refractivity contribution in [1.82, 2.24) is 4.31 Å². The van der Waals surface area contributed by atoms with Crippen LogP contribution in [0.25, 0.3) is 0 Å². The maximum atomic E-state index is 14.0. The van der Waals surface area contributed by atoms with E-state index in [4.69, 9.17) is 11.6 Å². The van der Waals surface area contributed by atoms with Gasteiger partial charge in [-0.1, -0.05) is 13.0 Å². The van der Waals surface area contributed by atoms with Gasteiger partial charge in [0.05, 0.1) is 0 Å². The van der Waals surface area contributed by atoms with Crippen LogP contribution in [-0.4, -0.2) is 24.8 Å². The fraction of sp³-hybridized carbons (Fsp3) is 0.571. The number of nitrogens with zero attached hydrogens (tertiary/aromatic N) is 1. The molecule has 2 unspecified atom stereocenters. The fourth-order valence-electron chi connectivity index (χ4n) is 2.81. The van der Waals surface area contributed by atoms with Gasteiger partial charge in [-0.15, -0.1) is 11.6 Å². The van der Waals surface area contributed by atoms with Gasteiger partial charge in [-0.05, 0) is 43.9 Å². The zero-order chi connectivity index (χ0) is 14.9. The van der Waals surface area contributed by atoms with Gasteiger partial charge in [-0.25, -0.2) is 12.8 Å². The Morgan fingerprint density at radius 3 is 2.70 bits per heavy atom. The van der Waals surface area contributed by atoms with Crippen molar-refractivity contribution in [3.8, 4) is 0 Å². The molecule has 0 spiro atoms. The minimum absolute atomic E-state index is 0.0472. The maximum absolute atomic E-state index is 14.0. The van der Waals surface area contributed by atoms with Gasteiger partial charge in [0, 0.05) is 18.0 Å². The molecule has 1 aliphatic rings. The van der Waals surface area contributed by atoms with Gasteiger partial charge >= 0.3 is 0 Å². The van der Waals surface area contributed by atoms with Gasteiger partial charge in [0.1, 0.15) is 10.7 Å². The zero-order valence-corrected chi connectivity index (χ0v) is 13.2. The lowest BCUT2D eigenvalue weighted by atomic mass is 10.2. The first-order valence-electron chi connectivity index (χ1n) is 6.79. The molecule has 112 valence electrons. The van der Waals surface area contributed by atoms with E-state index in [1.165, 1.54) is 22.5 Å². The summed E-state index contributed by atoms with van der Waals surface area (Å²) in [6, 6.07) is 3.88. The number of benzene rings is 1. The summed E-state index contributed by atoms with van der Waals surface area (Å²) in [5, 5.41) is 0. The van der Waals surface area contributed by atoms with Gasteiger partial charge < -0.3 is 0 Å². The van der Waals surface area contributed by atoms with Crippen LogP contribution in [0.4, 0.5) is 4.39 Å². The lowest BCUT2D eigenvalue weighted by molar-refractivity contribution is 0.327. The Balaban J connectivity index is 2.49. The molecule has 2 atom stereocenters. The molecule has 0 N–H and O–H groups in total. The fourth-order valence-corrected chi connectivity index (χ4v) is 5.04. The minimum Gasteiger partial charge on any atom is -0.207 e. The van der Waals surface area contributed by atoms with Crippen molar-refractivity contribution in [2.24, 2.45) is 0 Å². The molecule has 1 saturated heterocycles. The van der Waals surface area contributed by atoms with Crippen molar-refractivity contribution in [2.75, 3.05) is 0 Å². The summed E-state index contributed by atoms with van der Waals surface area (Å²) < 4.78 is 40.9. The second-order valence-corrected chi connectivity index (χ2v) is 7.30. The number of hydrogen-bond acceptors (Lipinski definition) is 2. The van der Waals surface area contributed by atoms with Crippen molar-refractivity contribution in [3.05, 3.63) is 29.6 Å². The van der Waals surface area contributed by atoms with Crippen LogP contribution in [0.15, 0.2) is 23.1 Å². The number of rotatable bonds is 4. The monoisotopic (exact) mass is 319 g/mol. The Kier molecular flexibility index (Phi) is 4.72. The molecule has 1 aliphatic heterocycles. The SMILES string of the molecule is CCC1CCC(C)N1S(=O)(=O)c1cc(CCl)ccc1F. The first kappa shape index (κ1) is 15.7. The maximum Gasteiger partial charge on any atom is 0.246 e. The third kappa shape index (κ3) is 2.71. The highest BCUT2D eigenvalue weighted by molar-refractivity contribution is 7.89. The van der Waals surface area contributed by atoms with E-state index in [2.05, 4.69) is 0 Å². The topological polar surface area (TPSA) is 37.4 Å². The van der Waals surface area contributed by atoms with Gasteiger partial charge in [0.2, 0.25) is 10.0 Å². The average Bonchev–Trinajstić information content (AvgIpc) is 2.81. The number of halogens is 2. The molecule has 3 nitrogen and oxygen atoms in total. The molecule has 6 heteroatoms. The van der Waals surface area contributed by atoms with E-state index in [9.17, 15) is 12.8 Å². The molecule has 0 bridgehead atoms. The lowest BCUT2D eigenvalue weighted by Crippen LogP contribution is -2.40. The predicted octanol–water partition coefficient (Wildman–Crippen LogP) is 3.52. The van der Waals surface area contributed by atoms with Crippen LogP contribution in [0.1, 0.15) is 38.7 Å². The van der Waals surface area contributed by atoms with Crippen LogP contribution in [0, 0.1) is 5.82 Å². The molecule has 20 heavy (non-hydrogen) atoms. The molecular formula is C14H19ClFNO2S. The quantitative estimate of drug-likeness (QED) is 0.796. The average molecular weight is 320 g/mol. The first-order valence-corrected chi connectivity index (χ1v) is 8.77. The molecule has 0 aromatic heterocycles. The van der Waals surface area contributed by atoms with E-state index >= 15 is 0 Å². The van der Waals surface area contributed by atoms with Gasteiger partial charge in [0.15, 0.2) is 0 Å². The van der Waals surface area contributed by atoms with E-state index in [-0.39, 0.29) is 22.9 Å². The molecule has 1 fully saturated rings. The number of sulfonamides is 1. The van der Waals surface area contributed by atoms with E-state index in [0.717, 1.165) is 19.3 Å². The predicted molar refractivity (Wildman–Crippen MR) is 77.8 cm³/mol. The van der Waals surface area contributed by atoms with Gasteiger partial charge in [0.25, 0.3) is 0 Å². The summed E-state index contributed by atoms with van der Waals surface area (Å²) in [6.45, 7) is 3.83. The standard InChI is InChI=1S/C14H19ClFNO2S/c1-3-12-6-4-10(2)17(12)20(18,19)14-8-11(9-15)5-7-13(14)16/h5,7-8,10,12H,3-4,6,9H2,1-2H3. The molecule has 0 radical (unpaired) electrons. The summed E-state index contributed by atoms with van der Waals surface area (Å²) in [5.41, 5.74) is 0.603. The molecule has 0 saturated carbocycles. The highest BCUT2D eigenvalue weighted by Gasteiger charge is 2.40. The van der Waals surface area contributed by atoms with Crippen molar-refractivity contribution in [2.45, 2.75) is 56.0 Å². The molecular weight excluding hydrogens is 301 g/mol. The Labute approximate surface area is 124 Å². The Bertz CT molecular complexity index is 591. The third-order valence-corrected chi connectivity index (χ3v) is 6.28. The summed E-state index contributed by atoms with van der Waals surface area (Å²) >= 11 is 5.71. The van der Waals surface area contributed by atoms with E-state index < -0.39 is 15.8 Å². The van der Waals surface area contributed by atoms with Crippen LogP contribution in [-0.2, 0) is 15.9 Å². The smallest absolute Gasteiger partial charge is 0.207 e. The summed E-state index contributed by atoms with van der Waals surface area (Å²) in [7, 11) is -3.81. The van der Waals surface area contributed by atoms with Crippen molar-refractivity contribution in [1.29, 1.82) is 0 Å². The molecule has 1 aromatic rings. The zero-order valence-electron chi connectivity index (χ0n) is 11.6. The molecule has 0 aliphatic carbocycles. The highest BCUT2D eigenvalue weighted by atomic mass is 35.5. The second kappa shape index (κ2) is 6.00. The number of alkyl halides is 1. The van der Waals surface area contributed by atoms with Crippen LogP contribution in [0.5, 0.6) is 0 Å². The third-order valence-electron chi connectivity index (χ3n) is 3.89. The van der Waals surface area contributed by atoms with Gasteiger partial charge in [-0.2, -0.15) is 4.31 Å². The molecule has 0 amide bonds. The molecule has 1 aromatic carbocycles. The molecule has 1 heterocycles. The highest BCUT2D eigenvalue weighted by Crippen LogP contribution is 2.33.